The number of ether oxygens (including phenoxy) is 1. The molecular formula is C32H39N3O4S. The number of amides is 3. The van der Waals surface area contributed by atoms with E-state index in [0.29, 0.717) is 17.7 Å². The van der Waals surface area contributed by atoms with Gasteiger partial charge in [0.2, 0.25) is 5.91 Å². The Morgan fingerprint density at radius 1 is 1.02 bits per heavy atom. The van der Waals surface area contributed by atoms with Crippen molar-refractivity contribution in [3.05, 3.63) is 84.4 Å². The van der Waals surface area contributed by atoms with Crippen LogP contribution in [-0.2, 0) is 14.3 Å². The molecule has 3 amide bonds. The third-order valence-electron chi connectivity index (χ3n) is 6.50. The molecule has 40 heavy (non-hydrogen) atoms. The number of carbonyl (C=O) groups is 3. The number of rotatable bonds is 10. The summed E-state index contributed by atoms with van der Waals surface area (Å²) in [6.07, 6.45) is 1.55. The number of hydrogen-bond donors (Lipinski definition) is 3. The lowest BCUT2D eigenvalue weighted by Crippen LogP contribution is -2.55. The minimum absolute atomic E-state index is 0.0245. The van der Waals surface area contributed by atoms with Crippen LogP contribution >= 0.6 is 12.6 Å². The lowest BCUT2D eigenvalue weighted by atomic mass is 9.98. The molecule has 3 unspecified atom stereocenters. The van der Waals surface area contributed by atoms with Gasteiger partial charge >= 0.3 is 6.09 Å². The van der Waals surface area contributed by atoms with E-state index in [1.54, 1.807) is 26.8 Å². The SMILES string of the molecule is C=Cc1cccc(C(C(=O)Nc2ccc3ccccc3c2)N(C(=O)C(CS)NC(=O)OC(C)(C)C)C(C)CC)c1. The molecule has 0 aliphatic heterocycles. The molecule has 3 aromatic rings. The Hall–Kier alpha value is -3.78. The average molecular weight is 562 g/mol. The van der Waals surface area contributed by atoms with Crippen LogP contribution in [0.1, 0.15) is 58.2 Å². The number of thiol groups is 1. The van der Waals surface area contributed by atoms with Gasteiger partial charge in [-0.15, -0.1) is 0 Å². The van der Waals surface area contributed by atoms with Gasteiger partial charge < -0.3 is 20.3 Å². The lowest BCUT2D eigenvalue weighted by Gasteiger charge is -2.38. The molecule has 0 saturated heterocycles. The Labute approximate surface area is 242 Å². The van der Waals surface area contributed by atoms with Crippen molar-refractivity contribution in [1.82, 2.24) is 10.2 Å². The zero-order valence-electron chi connectivity index (χ0n) is 23.8. The zero-order chi connectivity index (χ0) is 29.4. The van der Waals surface area contributed by atoms with Crippen LogP contribution < -0.4 is 10.6 Å². The molecule has 0 radical (unpaired) electrons. The van der Waals surface area contributed by atoms with Gasteiger partial charge in [0.05, 0.1) is 0 Å². The van der Waals surface area contributed by atoms with E-state index in [0.717, 1.165) is 16.3 Å². The molecule has 8 heteroatoms. The van der Waals surface area contributed by atoms with E-state index in [2.05, 4.69) is 29.8 Å². The van der Waals surface area contributed by atoms with Crippen LogP contribution in [0.4, 0.5) is 10.5 Å². The van der Waals surface area contributed by atoms with Crippen molar-refractivity contribution in [3.8, 4) is 0 Å². The molecule has 3 aromatic carbocycles. The maximum atomic E-state index is 14.1. The molecule has 3 atom stereocenters. The van der Waals surface area contributed by atoms with Gasteiger partial charge in [-0.1, -0.05) is 68.1 Å². The summed E-state index contributed by atoms with van der Waals surface area (Å²) in [5.74, 6) is -0.783. The number of carbonyl (C=O) groups excluding carboxylic acids is 3. The Bertz CT molecular complexity index is 1370. The van der Waals surface area contributed by atoms with Crippen molar-refractivity contribution in [2.45, 2.75) is 64.8 Å². The fraction of sp³-hybridized carbons (Fsp3) is 0.344. The summed E-state index contributed by atoms with van der Waals surface area (Å²) in [5, 5.41) is 7.70. The van der Waals surface area contributed by atoms with E-state index in [9.17, 15) is 14.4 Å². The minimum atomic E-state index is -1.01. The number of nitrogens with zero attached hydrogens (tertiary/aromatic N) is 1. The highest BCUT2D eigenvalue weighted by molar-refractivity contribution is 7.80. The molecule has 0 spiro atoms. The number of benzene rings is 3. The third-order valence-corrected chi connectivity index (χ3v) is 6.86. The molecule has 0 fully saturated rings. The van der Waals surface area contributed by atoms with E-state index < -0.39 is 29.7 Å². The van der Waals surface area contributed by atoms with Crippen LogP contribution in [-0.4, -0.2) is 46.2 Å². The summed E-state index contributed by atoms with van der Waals surface area (Å²) in [5.41, 5.74) is 1.32. The predicted molar refractivity (Wildman–Crippen MR) is 165 cm³/mol. The van der Waals surface area contributed by atoms with Gasteiger partial charge in [-0.3, -0.25) is 9.59 Å². The molecular weight excluding hydrogens is 522 g/mol. The van der Waals surface area contributed by atoms with E-state index in [1.807, 2.05) is 80.6 Å². The molecule has 0 bridgehead atoms. The summed E-state index contributed by atoms with van der Waals surface area (Å²) in [4.78, 5) is 42.3. The fourth-order valence-electron chi connectivity index (χ4n) is 4.38. The molecule has 0 heterocycles. The molecule has 3 rings (SSSR count). The second-order valence-corrected chi connectivity index (χ2v) is 11.1. The first kappa shape index (κ1) is 30.8. The smallest absolute Gasteiger partial charge is 0.408 e. The van der Waals surface area contributed by atoms with Crippen molar-refractivity contribution in [3.63, 3.8) is 0 Å². The highest BCUT2D eigenvalue weighted by Crippen LogP contribution is 2.29. The Morgan fingerprint density at radius 3 is 2.35 bits per heavy atom. The van der Waals surface area contributed by atoms with Gasteiger partial charge in [0.25, 0.3) is 5.91 Å². The molecule has 2 N–H and O–H groups in total. The number of anilines is 1. The molecule has 7 nitrogen and oxygen atoms in total. The van der Waals surface area contributed by atoms with Crippen LogP contribution in [0.15, 0.2) is 73.3 Å². The lowest BCUT2D eigenvalue weighted by molar-refractivity contribution is -0.142. The monoisotopic (exact) mass is 561 g/mol. The molecule has 0 aromatic heterocycles. The largest absolute Gasteiger partial charge is 0.444 e. The summed E-state index contributed by atoms with van der Waals surface area (Å²) in [7, 11) is 0. The van der Waals surface area contributed by atoms with Gasteiger partial charge in [0, 0.05) is 17.5 Å². The van der Waals surface area contributed by atoms with Gasteiger partial charge in [-0.25, -0.2) is 4.79 Å². The molecule has 0 saturated carbocycles. The van der Waals surface area contributed by atoms with E-state index in [-0.39, 0.29) is 17.7 Å². The van der Waals surface area contributed by atoms with Gasteiger partial charge in [-0.2, -0.15) is 12.6 Å². The number of nitrogens with one attached hydrogen (secondary N) is 2. The first-order chi connectivity index (χ1) is 19.0. The van der Waals surface area contributed by atoms with Crippen LogP contribution in [0.2, 0.25) is 0 Å². The second-order valence-electron chi connectivity index (χ2n) is 10.7. The Balaban J connectivity index is 2.04. The predicted octanol–water partition coefficient (Wildman–Crippen LogP) is 6.61. The van der Waals surface area contributed by atoms with Crippen LogP contribution in [0, 0.1) is 0 Å². The van der Waals surface area contributed by atoms with Gasteiger partial charge in [0.15, 0.2) is 0 Å². The summed E-state index contributed by atoms with van der Waals surface area (Å²) in [6, 6.07) is 18.6. The quantitative estimate of drug-likeness (QED) is 0.243. The van der Waals surface area contributed by atoms with Crippen molar-refractivity contribution >= 4 is 53.1 Å². The summed E-state index contributed by atoms with van der Waals surface area (Å²) >= 11 is 4.36. The number of fused-ring (bicyclic) bond motifs is 1. The fourth-order valence-corrected chi connectivity index (χ4v) is 4.63. The first-order valence-corrected chi connectivity index (χ1v) is 14.0. The van der Waals surface area contributed by atoms with E-state index in [4.69, 9.17) is 4.74 Å². The molecule has 212 valence electrons. The van der Waals surface area contributed by atoms with Crippen LogP contribution in [0.3, 0.4) is 0 Å². The maximum Gasteiger partial charge on any atom is 0.408 e. The normalized spacial score (nSPS) is 13.6. The van der Waals surface area contributed by atoms with Crippen LogP contribution in [0.25, 0.3) is 16.8 Å². The van der Waals surface area contributed by atoms with Gasteiger partial charge in [-0.05, 0) is 74.2 Å². The summed E-state index contributed by atoms with van der Waals surface area (Å²) < 4.78 is 5.38. The highest BCUT2D eigenvalue weighted by atomic mass is 32.1. The van der Waals surface area contributed by atoms with Crippen LogP contribution in [0.5, 0.6) is 0 Å². The first-order valence-electron chi connectivity index (χ1n) is 13.4. The summed E-state index contributed by atoms with van der Waals surface area (Å²) in [6.45, 7) is 12.9. The molecule has 0 aliphatic rings. The maximum absolute atomic E-state index is 14.1. The standard InChI is InChI=1S/C32H39N3O4S/c1-7-21(3)35(30(37)27(20-40)34-31(38)39-32(4,5)6)28(25-15-11-12-22(8-2)18-25)29(36)33-26-17-16-23-13-9-10-14-24(23)19-26/h8-19,21,27-28,40H,2,7,20H2,1,3-6H3,(H,33,36)(H,34,38). The number of alkyl carbamates (subject to hydrolysis) is 1. The zero-order valence-corrected chi connectivity index (χ0v) is 24.7. The second kappa shape index (κ2) is 13.5. The molecule has 0 aliphatic carbocycles. The van der Waals surface area contributed by atoms with Crippen molar-refractivity contribution in [2.24, 2.45) is 0 Å². The average Bonchev–Trinajstić information content (AvgIpc) is 2.92. The van der Waals surface area contributed by atoms with Gasteiger partial charge in [0.1, 0.15) is 17.7 Å². The topological polar surface area (TPSA) is 87.7 Å². The Morgan fingerprint density at radius 2 is 1.73 bits per heavy atom. The Kier molecular flexibility index (Phi) is 10.4. The third kappa shape index (κ3) is 7.88. The minimum Gasteiger partial charge on any atom is -0.444 e. The number of hydrogen-bond acceptors (Lipinski definition) is 5. The van der Waals surface area contributed by atoms with Crippen molar-refractivity contribution in [2.75, 3.05) is 11.1 Å². The highest BCUT2D eigenvalue weighted by Gasteiger charge is 2.38. The van der Waals surface area contributed by atoms with E-state index >= 15 is 0 Å². The van der Waals surface area contributed by atoms with E-state index in [1.165, 1.54) is 4.90 Å². The van der Waals surface area contributed by atoms with Crippen molar-refractivity contribution < 1.29 is 19.1 Å². The van der Waals surface area contributed by atoms with Crippen molar-refractivity contribution in [1.29, 1.82) is 0 Å².